The third-order valence-corrected chi connectivity index (χ3v) is 5.86. The Labute approximate surface area is 184 Å². The number of rotatable bonds is 6. The molecule has 28 heavy (non-hydrogen) atoms. The van der Waals surface area contributed by atoms with E-state index in [2.05, 4.69) is 15.9 Å². The highest BCUT2D eigenvalue weighted by Gasteiger charge is 2.33. The molecule has 0 radical (unpaired) electrons. The summed E-state index contributed by atoms with van der Waals surface area (Å²) in [5, 5.41) is 9.59. The summed E-state index contributed by atoms with van der Waals surface area (Å²) in [4.78, 5) is 24.8. The maximum absolute atomic E-state index is 12.5. The molecular formula is C19H13BrClNO4S2. The van der Waals surface area contributed by atoms with Crippen molar-refractivity contribution < 1.29 is 19.4 Å². The summed E-state index contributed by atoms with van der Waals surface area (Å²) in [5.41, 5.74) is 1.63. The van der Waals surface area contributed by atoms with E-state index in [4.69, 9.17) is 33.7 Å². The molecule has 3 rings (SSSR count). The Hall–Kier alpha value is -1.87. The number of nitrogens with zero attached hydrogens (tertiary/aromatic N) is 1. The van der Waals surface area contributed by atoms with Gasteiger partial charge in [-0.3, -0.25) is 14.5 Å². The molecule has 5 nitrogen and oxygen atoms in total. The van der Waals surface area contributed by atoms with E-state index in [0.29, 0.717) is 27.8 Å². The molecule has 0 bridgehead atoms. The van der Waals surface area contributed by atoms with Crippen LogP contribution in [0.3, 0.4) is 0 Å². The van der Waals surface area contributed by atoms with Gasteiger partial charge in [0.15, 0.2) is 0 Å². The van der Waals surface area contributed by atoms with Gasteiger partial charge in [0.25, 0.3) is 5.91 Å². The summed E-state index contributed by atoms with van der Waals surface area (Å²) in [5.74, 6) is -0.963. The molecule has 0 unspecified atom stereocenters. The van der Waals surface area contributed by atoms with Gasteiger partial charge in [-0.1, -0.05) is 63.6 Å². The molecular weight excluding hydrogens is 486 g/mol. The first kappa shape index (κ1) is 20.9. The lowest BCUT2D eigenvalue weighted by Crippen LogP contribution is -2.33. The molecule has 2 aromatic rings. The van der Waals surface area contributed by atoms with Crippen molar-refractivity contribution in [1.29, 1.82) is 0 Å². The van der Waals surface area contributed by atoms with Crippen molar-refractivity contribution in [3.05, 3.63) is 68.0 Å². The van der Waals surface area contributed by atoms with E-state index in [9.17, 15) is 9.59 Å². The predicted molar refractivity (Wildman–Crippen MR) is 117 cm³/mol. The summed E-state index contributed by atoms with van der Waals surface area (Å²) in [7, 11) is 0. The smallest absolute Gasteiger partial charge is 0.323 e. The monoisotopic (exact) mass is 497 g/mol. The van der Waals surface area contributed by atoms with Crippen molar-refractivity contribution in [2.24, 2.45) is 0 Å². The number of carboxylic acids is 1. The highest BCUT2D eigenvalue weighted by atomic mass is 79.9. The first-order chi connectivity index (χ1) is 13.3. The molecule has 9 heteroatoms. The average Bonchev–Trinajstić information content (AvgIpc) is 2.89. The Balaban J connectivity index is 1.83. The van der Waals surface area contributed by atoms with Crippen molar-refractivity contribution in [3.63, 3.8) is 0 Å². The van der Waals surface area contributed by atoms with Gasteiger partial charge in [0, 0.05) is 15.1 Å². The minimum Gasteiger partial charge on any atom is -0.488 e. The molecule has 1 amide bonds. The van der Waals surface area contributed by atoms with Gasteiger partial charge in [0.05, 0.1) is 4.91 Å². The topological polar surface area (TPSA) is 66.8 Å². The van der Waals surface area contributed by atoms with Gasteiger partial charge in [-0.05, 0) is 42.0 Å². The number of thiocarbonyl (C=S) groups is 1. The Bertz CT molecular complexity index is 978. The lowest BCUT2D eigenvalue weighted by atomic mass is 10.1. The van der Waals surface area contributed by atoms with Gasteiger partial charge in [0.2, 0.25) is 0 Å². The second-order valence-corrected chi connectivity index (χ2v) is 8.79. The SMILES string of the molecule is O=C(O)CN1C(=O)C(=Cc2cc(Br)ccc2OCc2ccc(Cl)cc2)SC1=S. The number of halogens is 2. The molecule has 1 aliphatic heterocycles. The molecule has 1 fully saturated rings. The van der Waals surface area contributed by atoms with Crippen molar-refractivity contribution in [2.45, 2.75) is 6.61 Å². The lowest BCUT2D eigenvalue weighted by Gasteiger charge is -2.11. The fourth-order valence-electron chi connectivity index (χ4n) is 2.42. The van der Waals surface area contributed by atoms with Crippen LogP contribution in [-0.2, 0) is 16.2 Å². The van der Waals surface area contributed by atoms with Crippen LogP contribution in [-0.4, -0.2) is 32.7 Å². The third-order valence-electron chi connectivity index (χ3n) is 3.73. The van der Waals surface area contributed by atoms with E-state index in [0.717, 1.165) is 26.7 Å². The van der Waals surface area contributed by atoms with Crippen LogP contribution in [0.2, 0.25) is 5.02 Å². The van der Waals surface area contributed by atoms with Gasteiger partial charge < -0.3 is 9.84 Å². The second kappa shape index (κ2) is 9.09. The van der Waals surface area contributed by atoms with Crippen LogP contribution < -0.4 is 4.74 Å². The number of amides is 1. The number of thioether (sulfide) groups is 1. The highest BCUT2D eigenvalue weighted by molar-refractivity contribution is 9.10. The number of carbonyl (C=O) groups excluding carboxylic acids is 1. The Morgan fingerprint density at radius 3 is 2.68 bits per heavy atom. The number of benzene rings is 2. The third kappa shape index (κ3) is 5.14. The number of carboxylic acid groups (broad SMARTS) is 1. The van der Waals surface area contributed by atoms with E-state index < -0.39 is 18.4 Å². The molecule has 0 aromatic heterocycles. The maximum Gasteiger partial charge on any atom is 0.323 e. The van der Waals surface area contributed by atoms with Gasteiger partial charge in [-0.25, -0.2) is 0 Å². The van der Waals surface area contributed by atoms with E-state index >= 15 is 0 Å². The van der Waals surface area contributed by atoms with Crippen molar-refractivity contribution in [2.75, 3.05) is 6.54 Å². The molecule has 1 saturated heterocycles. The van der Waals surface area contributed by atoms with E-state index in [1.807, 2.05) is 24.3 Å². The predicted octanol–water partition coefficient (Wildman–Crippen LogP) is 4.97. The van der Waals surface area contributed by atoms with Gasteiger partial charge in [-0.2, -0.15) is 0 Å². The average molecular weight is 499 g/mol. The van der Waals surface area contributed by atoms with E-state index in [-0.39, 0.29) is 4.32 Å². The van der Waals surface area contributed by atoms with Gasteiger partial charge in [-0.15, -0.1) is 0 Å². The minimum atomic E-state index is -1.12. The zero-order valence-electron chi connectivity index (χ0n) is 14.2. The van der Waals surface area contributed by atoms with Gasteiger partial charge in [0.1, 0.15) is 23.2 Å². The molecule has 144 valence electrons. The van der Waals surface area contributed by atoms with Crippen LogP contribution in [0.1, 0.15) is 11.1 Å². The first-order valence-electron chi connectivity index (χ1n) is 7.97. The summed E-state index contributed by atoms with van der Waals surface area (Å²) in [6, 6.07) is 12.8. The standard InChI is InChI=1S/C19H13BrClNO4S2/c20-13-3-6-15(26-10-11-1-4-14(21)5-2-11)12(7-13)8-16-18(25)22(9-17(23)24)19(27)28-16/h1-8H,9-10H2,(H,23,24). The van der Waals surface area contributed by atoms with Crippen LogP contribution in [0.15, 0.2) is 51.8 Å². The molecule has 0 atom stereocenters. The molecule has 2 aromatic carbocycles. The number of carbonyl (C=O) groups is 2. The highest BCUT2D eigenvalue weighted by Crippen LogP contribution is 2.35. The summed E-state index contributed by atoms with van der Waals surface area (Å²) >= 11 is 15.5. The summed E-state index contributed by atoms with van der Waals surface area (Å²) in [6.45, 7) is -0.125. The zero-order valence-corrected chi connectivity index (χ0v) is 18.2. The molecule has 0 saturated carbocycles. The molecule has 1 heterocycles. The van der Waals surface area contributed by atoms with Crippen LogP contribution in [0.5, 0.6) is 5.75 Å². The van der Waals surface area contributed by atoms with Crippen LogP contribution in [0.4, 0.5) is 0 Å². The van der Waals surface area contributed by atoms with Crippen molar-refractivity contribution >= 4 is 73.8 Å². The largest absolute Gasteiger partial charge is 0.488 e. The first-order valence-corrected chi connectivity index (χ1v) is 10.4. The van der Waals surface area contributed by atoms with Crippen LogP contribution in [0.25, 0.3) is 6.08 Å². The second-order valence-electron chi connectivity index (χ2n) is 5.76. The molecule has 1 N–H and O–H groups in total. The number of aliphatic carboxylic acids is 1. The molecule has 0 spiro atoms. The quantitative estimate of drug-likeness (QED) is 0.448. The minimum absolute atomic E-state index is 0.220. The van der Waals surface area contributed by atoms with Crippen LogP contribution >= 0.6 is 51.5 Å². The Kier molecular flexibility index (Phi) is 6.77. The molecule has 1 aliphatic rings. The summed E-state index contributed by atoms with van der Waals surface area (Å²) in [6.07, 6.45) is 1.66. The lowest BCUT2D eigenvalue weighted by molar-refractivity contribution is -0.140. The maximum atomic E-state index is 12.5. The number of ether oxygens (including phenoxy) is 1. The molecule has 0 aliphatic carbocycles. The fourth-order valence-corrected chi connectivity index (χ4v) is 4.17. The van der Waals surface area contributed by atoms with E-state index in [1.54, 1.807) is 24.3 Å². The summed E-state index contributed by atoms with van der Waals surface area (Å²) < 4.78 is 6.95. The van der Waals surface area contributed by atoms with E-state index in [1.165, 1.54) is 0 Å². The van der Waals surface area contributed by atoms with Gasteiger partial charge >= 0.3 is 5.97 Å². The van der Waals surface area contributed by atoms with Crippen molar-refractivity contribution in [3.8, 4) is 5.75 Å². The zero-order chi connectivity index (χ0) is 20.3. The normalized spacial score (nSPS) is 15.4. The fraction of sp³-hybridized carbons (Fsp3) is 0.105. The Morgan fingerprint density at radius 2 is 2.00 bits per heavy atom. The van der Waals surface area contributed by atoms with Crippen molar-refractivity contribution in [1.82, 2.24) is 4.90 Å². The number of hydrogen-bond donors (Lipinski definition) is 1. The Morgan fingerprint density at radius 1 is 1.29 bits per heavy atom. The number of hydrogen-bond acceptors (Lipinski definition) is 5. The van der Waals surface area contributed by atoms with Crippen LogP contribution in [0, 0.1) is 0 Å².